The van der Waals surface area contributed by atoms with Crippen LogP contribution in [0.25, 0.3) is 11.0 Å². The fraction of sp³-hybridized carbons (Fsp3) is 0.619. The highest BCUT2D eigenvalue weighted by Gasteiger charge is 2.38. The van der Waals surface area contributed by atoms with Crippen molar-refractivity contribution in [3.8, 4) is 5.75 Å². The van der Waals surface area contributed by atoms with Crippen LogP contribution in [0.4, 0.5) is 0 Å². The summed E-state index contributed by atoms with van der Waals surface area (Å²) in [5, 5.41) is 0.0595. The highest BCUT2D eigenvalue weighted by Crippen LogP contribution is 2.37. The van der Waals surface area contributed by atoms with Crippen molar-refractivity contribution in [1.82, 2.24) is 24.0 Å². The zero-order valence-electron chi connectivity index (χ0n) is 35.9. The van der Waals surface area contributed by atoms with E-state index in [1.54, 1.807) is 6.08 Å². The number of ether oxygens (including phenoxy) is 6. The third kappa shape index (κ3) is 12.9. The van der Waals surface area contributed by atoms with Gasteiger partial charge in [0.25, 0.3) is 5.56 Å². The average molecular weight is 858 g/mol. The molecule has 5 rings (SSSR count). The van der Waals surface area contributed by atoms with Crippen molar-refractivity contribution < 1.29 is 37.6 Å². The van der Waals surface area contributed by atoms with E-state index in [1.165, 1.54) is 16.3 Å². The molecule has 0 amide bonds. The minimum absolute atomic E-state index is 0.0343. The number of imidazole rings is 1. The van der Waals surface area contributed by atoms with E-state index in [0.717, 1.165) is 46.8 Å². The lowest BCUT2D eigenvalue weighted by molar-refractivity contribution is -0.145. The Labute approximate surface area is 352 Å². The van der Waals surface area contributed by atoms with Gasteiger partial charge in [0.2, 0.25) is 0 Å². The lowest BCUT2D eigenvalue weighted by Gasteiger charge is -2.36. The highest BCUT2D eigenvalue weighted by atomic mass is 32.1. The van der Waals surface area contributed by atoms with Crippen molar-refractivity contribution >= 4 is 37.5 Å². The maximum Gasteiger partial charge on any atom is 0.330 e. The normalized spacial score (nSPS) is 18.3. The van der Waals surface area contributed by atoms with Crippen LogP contribution in [0.1, 0.15) is 65.3 Å². The molecule has 0 saturated heterocycles. The summed E-state index contributed by atoms with van der Waals surface area (Å²) >= 11 is 5.67. The Kier molecular flexibility index (Phi) is 16.7. The summed E-state index contributed by atoms with van der Waals surface area (Å²) in [6.07, 6.45) is 6.39. The van der Waals surface area contributed by atoms with Gasteiger partial charge in [0.15, 0.2) is 19.3 Å². The molecule has 326 valence electrons. The second kappa shape index (κ2) is 21.2. The lowest BCUT2D eigenvalue weighted by atomic mass is 10.1. The van der Waals surface area contributed by atoms with Crippen molar-refractivity contribution in [2.45, 2.75) is 104 Å². The van der Waals surface area contributed by atoms with Crippen LogP contribution >= 0.6 is 12.2 Å². The van der Waals surface area contributed by atoms with E-state index < -0.39 is 31.8 Å². The third-order valence-electron chi connectivity index (χ3n) is 11.0. The SMILES string of the molecule is CC(C)=CCN1Cc2c(OCCOCCOCCOCCOC(=O)CCc3cn([C@H]4C=C[C@@H](CO[Si](C)(C)C(C)(C)C)O4)c(=O)[nH]c3=O)ccc3[nH]c(=S)n(c23)C[C@@H]1C. The molecule has 17 heteroatoms. The number of esters is 1. The number of hydrogen-bond donors (Lipinski definition) is 2. The molecule has 2 aliphatic heterocycles. The lowest BCUT2D eigenvalue weighted by Crippen LogP contribution is -2.42. The summed E-state index contributed by atoms with van der Waals surface area (Å²) < 4.78 is 44.9. The Morgan fingerprint density at radius 3 is 2.34 bits per heavy atom. The van der Waals surface area contributed by atoms with Gasteiger partial charge in [-0.2, -0.15) is 0 Å². The van der Waals surface area contributed by atoms with Gasteiger partial charge in [-0.3, -0.25) is 24.0 Å². The largest absolute Gasteiger partial charge is 0.491 e. The van der Waals surface area contributed by atoms with E-state index in [2.05, 4.69) is 80.1 Å². The first-order valence-corrected chi connectivity index (χ1v) is 23.8. The van der Waals surface area contributed by atoms with Crippen LogP contribution in [0.3, 0.4) is 0 Å². The van der Waals surface area contributed by atoms with Gasteiger partial charge < -0.3 is 42.4 Å². The van der Waals surface area contributed by atoms with Gasteiger partial charge in [0, 0.05) is 49.4 Å². The van der Waals surface area contributed by atoms with E-state index in [0.29, 0.717) is 52.3 Å². The van der Waals surface area contributed by atoms with Gasteiger partial charge in [-0.1, -0.05) is 38.5 Å². The van der Waals surface area contributed by atoms with Crippen LogP contribution < -0.4 is 16.0 Å². The number of aromatic nitrogens is 4. The molecule has 3 atom stereocenters. The third-order valence-corrected chi connectivity index (χ3v) is 15.8. The molecule has 0 saturated carbocycles. The molecule has 1 aromatic carbocycles. The van der Waals surface area contributed by atoms with Crippen LogP contribution in [0.15, 0.2) is 51.7 Å². The molecule has 2 aliphatic rings. The Hall–Kier alpha value is -3.68. The predicted molar refractivity (Wildman–Crippen MR) is 231 cm³/mol. The van der Waals surface area contributed by atoms with Crippen LogP contribution in [0.2, 0.25) is 18.1 Å². The Balaban J connectivity index is 0.922. The molecule has 0 bridgehead atoms. The standard InChI is InChI=1S/C42H63N5O10SSi/c1-29(2)15-16-45-27-33-35(12-11-34-38(33)47(25-30(45)3)41(58)43-34)54-23-21-52-19-17-51-18-20-53-22-24-55-37(48)14-9-31-26-46(40(50)44-39(31)49)36-13-10-32(57-36)28-56-59(7,8)42(4,5)6/h10-13,15,26,30,32,36H,9,14,16-25,27-28H2,1-8H3,(H,43,58)(H,44,49,50)/t30-,32-,36+/m0/s1. The molecule has 0 unspecified atom stereocenters. The average Bonchev–Trinajstić information content (AvgIpc) is 3.73. The number of rotatable bonds is 22. The van der Waals surface area contributed by atoms with Crippen LogP contribution in [-0.4, -0.2) is 116 Å². The van der Waals surface area contributed by atoms with Gasteiger partial charge in [0.05, 0.1) is 57.3 Å². The first-order chi connectivity index (χ1) is 28.0. The number of H-pyrrole nitrogens is 2. The summed E-state index contributed by atoms with van der Waals surface area (Å²) in [6.45, 7) is 22.7. The number of benzene rings is 1. The topological polar surface area (TPSA) is 160 Å². The molecule has 0 radical (unpaired) electrons. The maximum atomic E-state index is 12.6. The molecule has 0 fully saturated rings. The van der Waals surface area contributed by atoms with Crippen molar-refractivity contribution in [2.24, 2.45) is 0 Å². The number of carbonyl (C=O) groups is 1. The molecule has 2 aromatic heterocycles. The predicted octanol–water partition coefficient (Wildman–Crippen LogP) is 5.80. The Morgan fingerprint density at radius 1 is 0.983 bits per heavy atom. The zero-order chi connectivity index (χ0) is 42.7. The van der Waals surface area contributed by atoms with E-state index in [4.69, 9.17) is 45.1 Å². The number of nitrogens with one attached hydrogen (secondary N) is 2. The van der Waals surface area contributed by atoms with Gasteiger partial charge in [-0.05, 0) is 75.8 Å². The summed E-state index contributed by atoms with van der Waals surface area (Å²) in [5.74, 6) is 0.357. The second-order valence-corrected chi connectivity index (χ2v) is 22.0. The fourth-order valence-electron chi connectivity index (χ4n) is 6.48. The molecule has 2 N–H and O–H groups in total. The van der Waals surface area contributed by atoms with Crippen molar-refractivity contribution in [3.05, 3.63) is 78.9 Å². The zero-order valence-corrected chi connectivity index (χ0v) is 37.7. The first-order valence-electron chi connectivity index (χ1n) is 20.5. The minimum atomic E-state index is -1.97. The van der Waals surface area contributed by atoms with Gasteiger partial charge in [-0.15, -0.1) is 0 Å². The van der Waals surface area contributed by atoms with Gasteiger partial charge in [-0.25, -0.2) is 4.79 Å². The molecule has 59 heavy (non-hydrogen) atoms. The molecule has 0 aliphatic carbocycles. The van der Waals surface area contributed by atoms with Gasteiger partial charge >= 0.3 is 11.7 Å². The van der Waals surface area contributed by atoms with Crippen LogP contribution in [0, 0.1) is 4.77 Å². The number of allylic oxidation sites excluding steroid dienone is 1. The summed E-state index contributed by atoms with van der Waals surface area (Å²) in [6, 6.07) is 4.34. The fourth-order valence-corrected chi connectivity index (χ4v) is 7.76. The summed E-state index contributed by atoms with van der Waals surface area (Å²) in [7, 11) is -1.97. The quantitative estimate of drug-likeness (QED) is 0.0412. The minimum Gasteiger partial charge on any atom is -0.491 e. The van der Waals surface area contributed by atoms with E-state index >= 15 is 0 Å². The monoisotopic (exact) mass is 857 g/mol. The molecule has 15 nitrogen and oxygen atoms in total. The number of nitrogens with zero attached hydrogens (tertiary/aromatic N) is 3. The molecule has 0 spiro atoms. The number of aryl methyl sites for hydroxylation is 1. The van der Waals surface area contributed by atoms with E-state index in [-0.39, 0.29) is 42.8 Å². The number of aromatic amines is 2. The Morgan fingerprint density at radius 2 is 1.66 bits per heavy atom. The molecule has 3 aromatic rings. The maximum absolute atomic E-state index is 12.6. The molecular formula is C42H63N5O10SSi. The van der Waals surface area contributed by atoms with E-state index in [9.17, 15) is 14.4 Å². The summed E-state index contributed by atoms with van der Waals surface area (Å²) in [4.78, 5) is 45.6. The van der Waals surface area contributed by atoms with Crippen LogP contribution in [-0.2, 0) is 52.4 Å². The molecular weight excluding hydrogens is 795 g/mol. The van der Waals surface area contributed by atoms with Crippen molar-refractivity contribution in [3.63, 3.8) is 0 Å². The highest BCUT2D eigenvalue weighted by molar-refractivity contribution is 7.71. The first kappa shape index (κ1) is 46.4. The van der Waals surface area contributed by atoms with Crippen molar-refractivity contribution in [1.29, 1.82) is 0 Å². The summed E-state index contributed by atoms with van der Waals surface area (Å²) in [5.41, 5.74) is 3.68. The van der Waals surface area contributed by atoms with Crippen LogP contribution in [0.5, 0.6) is 5.75 Å². The van der Waals surface area contributed by atoms with Gasteiger partial charge in [0.1, 0.15) is 25.1 Å². The number of hydrogen-bond acceptors (Lipinski definition) is 12. The van der Waals surface area contributed by atoms with Crippen molar-refractivity contribution in [2.75, 3.05) is 66.0 Å². The Bertz CT molecular complexity index is 2110. The number of carbonyl (C=O) groups excluding carboxylic acids is 1. The van der Waals surface area contributed by atoms with E-state index in [1.807, 2.05) is 18.2 Å². The smallest absolute Gasteiger partial charge is 0.330 e. The second-order valence-electron chi connectivity index (χ2n) is 16.8. The molecule has 4 heterocycles.